The quantitative estimate of drug-likeness (QED) is 0.0847. The van der Waals surface area contributed by atoms with E-state index in [9.17, 15) is 0 Å². The van der Waals surface area contributed by atoms with Gasteiger partial charge in [-0.05, 0) is 191 Å². The van der Waals surface area contributed by atoms with Crippen molar-refractivity contribution in [3.63, 3.8) is 0 Å². The first kappa shape index (κ1) is 66.7. The number of rotatable bonds is 13. The van der Waals surface area contributed by atoms with Crippen LogP contribution in [-0.2, 0) is 0 Å². The maximum absolute atomic E-state index is 8.11. The molecule has 5 nitrogen and oxygen atoms in total. The molecule has 6 heteroatoms. The van der Waals surface area contributed by atoms with Crippen molar-refractivity contribution in [2.75, 3.05) is 9.80 Å². The molecule has 20 aromatic rings. The van der Waals surface area contributed by atoms with Crippen molar-refractivity contribution in [1.82, 2.24) is 9.13 Å². The zero-order valence-electron chi connectivity index (χ0n) is 62.7. The number of fused-ring (bicyclic) bond motifs is 10. The first-order valence-electron chi connectivity index (χ1n) is 39.4. The third kappa shape index (κ3) is 11.2. The Hall–Kier alpha value is -15.3. The van der Waals surface area contributed by atoms with E-state index in [2.05, 4.69) is 436 Å². The lowest BCUT2D eigenvalue weighted by Gasteiger charge is -2.46. The average molecular weight is 1460 g/mol. The molecule has 18 aromatic carbocycles. The van der Waals surface area contributed by atoms with Crippen molar-refractivity contribution in [1.29, 1.82) is 0 Å². The number of hydrogen-bond donors (Lipinski definition) is 0. The predicted octanol–water partition coefficient (Wildman–Crippen LogP) is 27.5. The topological polar surface area (TPSA) is 20.7 Å². The molecule has 0 radical (unpaired) electrons. The summed E-state index contributed by atoms with van der Waals surface area (Å²) in [6.45, 7) is 7.76. The first-order valence-corrected chi connectivity index (χ1v) is 39.4. The second-order valence-electron chi connectivity index (χ2n) is 30.1. The number of anilines is 6. The molecule has 0 aliphatic carbocycles. The van der Waals surface area contributed by atoms with E-state index < -0.39 is 0 Å². The molecule has 0 saturated heterocycles. The summed E-state index contributed by atoms with van der Waals surface area (Å²) in [6, 6.07) is 157. The summed E-state index contributed by atoms with van der Waals surface area (Å²) in [4.78, 5) is 9.27. The fourth-order valence-corrected chi connectivity index (χ4v) is 18.5. The molecule has 115 heavy (non-hydrogen) atoms. The molecular weight excluding hydrogens is 1390 g/mol. The Morgan fingerprint density at radius 2 is 0.496 bits per heavy atom. The molecule has 0 N–H and O–H groups in total. The largest absolute Gasteiger partial charge is 0.310 e. The smallest absolute Gasteiger partial charge is 0.252 e. The molecule has 2 aromatic heterocycles. The molecule has 4 heterocycles. The van der Waals surface area contributed by atoms with Crippen molar-refractivity contribution in [2.24, 2.45) is 0 Å². The highest BCUT2D eigenvalue weighted by molar-refractivity contribution is 7.00. The molecule has 0 bridgehead atoms. The Labute approximate surface area is 668 Å². The normalized spacial score (nSPS) is 12.1. The van der Waals surface area contributed by atoms with Gasteiger partial charge in [-0.2, -0.15) is 0 Å². The van der Waals surface area contributed by atoms with Crippen LogP contribution < -0.4 is 26.2 Å². The average Bonchev–Trinajstić information content (AvgIpc) is 0.827. The minimum atomic E-state index is -0.342. The zero-order valence-corrected chi connectivity index (χ0v) is 62.7. The van der Waals surface area contributed by atoms with Gasteiger partial charge in [0, 0.05) is 77.9 Å². The van der Waals surface area contributed by atoms with E-state index in [0.29, 0.717) is 5.69 Å². The number of para-hydroxylation sites is 4. The summed E-state index contributed by atoms with van der Waals surface area (Å²) in [5, 5.41) is 4.79. The van der Waals surface area contributed by atoms with Crippen LogP contribution in [0.5, 0.6) is 0 Å². The first-order chi connectivity index (χ1) is 57.0. The van der Waals surface area contributed by atoms with Crippen molar-refractivity contribution in [3.8, 4) is 112 Å². The second-order valence-corrected chi connectivity index (χ2v) is 30.1. The molecule has 0 atom stereocenters. The van der Waals surface area contributed by atoms with Gasteiger partial charge in [-0.15, -0.1) is 0 Å². The van der Waals surface area contributed by atoms with E-state index in [4.69, 9.17) is 6.57 Å². The van der Waals surface area contributed by atoms with Gasteiger partial charge in [0.25, 0.3) is 6.71 Å². The van der Waals surface area contributed by atoms with E-state index in [1.54, 1.807) is 0 Å². The monoisotopic (exact) mass is 1460 g/mol. The molecule has 0 unspecified atom stereocenters. The number of benzene rings is 18. The summed E-state index contributed by atoms with van der Waals surface area (Å²) in [5.74, 6) is 0. The van der Waals surface area contributed by atoms with Gasteiger partial charge in [-0.1, -0.05) is 328 Å². The molecule has 0 saturated carbocycles. The van der Waals surface area contributed by atoms with Crippen molar-refractivity contribution < 1.29 is 0 Å². The van der Waals surface area contributed by atoms with Crippen LogP contribution in [-0.4, -0.2) is 15.8 Å². The number of aromatic nitrogens is 2. The maximum atomic E-state index is 8.11. The Balaban J connectivity index is 0.928. The van der Waals surface area contributed by atoms with Crippen LogP contribution in [0.15, 0.2) is 425 Å². The molecular formula is C109H70BN5. The molecule has 0 fully saturated rings. The third-order valence-electron chi connectivity index (χ3n) is 23.7. The van der Waals surface area contributed by atoms with Crippen molar-refractivity contribution >= 4 is 107 Å². The molecule has 2 aliphatic rings. The predicted molar refractivity (Wildman–Crippen MR) is 484 cm³/mol. The van der Waals surface area contributed by atoms with Gasteiger partial charge < -0.3 is 18.9 Å². The second kappa shape index (κ2) is 27.6. The summed E-state index contributed by atoms with van der Waals surface area (Å²) in [6.07, 6.45) is 0. The lowest BCUT2D eigenvalue weighted by atomic mass is 9.33. The van der Waals surface area contributed by atoms with Crippen LogP contribution in [0.25, 0.3) is 160 Å². The van der Waals surface area contributed by atoms with Gasteiger partial charge in [-0.3, -0.25) is 0 Å². The fourth-order valence-electron chi connectivity index (χ4n) is 18.5. The SMILES string of the molecule is [C-]#[N+]c1ccc(-c2cc(-c3ccccc3)c(N3c4cc(-n5c6ccccc6c6ccccc65)ccc4B4c5ccc(-n6c7ccccc7c7ccccc76)cc5N(c5c(-c6ccccc6)cc(-c6ccccc6)cc5-c5cccc(-c6ccccc6)c5)c5cc(-c6ccccc6)cc3c54)c(-c3cccc(-c4ccccc4)c3)c2)cc1. The summed E-state index contributed by atoms with van der Waals surface area (Å²) >= 11 is 0. The van der Waals surface area contributed by atoms with E-state index >= 15 is 0 Å². The van der Waals surface area contributed by atoms with Gasteiger partial charge in [0.2, 0.25) is 0 Å². The molecule has 2 aliphatic heterocycles. The standard InChI is InChI=1S/C109H70BN5/c1-111-86-56-54-76(55-57-86)84-65-94(78-40-18-7-19-41-78)109(96(67-84)82-45-29-43-80(63-82)73-32-10-3-11-33-73)115-104-71-88(113-101-52-26-22-48-91(101)92-49-23-27-53-102(92)113)59-61-98(104)110-97-60-58-87(112-99-50-24-20-46-89(99)90-47-21-25-51-100(90)112)70-103(97)114(105-68-85(69-106(115)107(105)110)75-36-14-5-15-37-75)108-93(77-38-16-6-17-39-77)64-83(74-34-12-4-13-35-74)66-95(108)81-44-28-42-79(62-81)72-30-8-2-9-31-72/h2-71H. The summed E-state index contributed by atoms with van der Waals surface area (Å²) in [5.41, 5.74) is 36.6. The Morgan fingerprint density at radius 3 is 0.852 bits per heavy atom. The molecule has 534 valence electrons. The van der Waals surface area contributed by atoms with Crippen LogP contribution in [0.4, 0.5) is 39.8 Å². The highest BCUT2D eigenvalue weighted by atomic mass is 15.2. The van der Waals surface area contributed by atoms with Gasteiger partial charge in [0.15, 0.2) is 5.69 Å². The van der Waals surface area contributed by atoms with Gasteiger partial charge in [0.1, 0.15) is 0 Å². The van der Waals surface area contributed by atoms with Crippen LogP contribution in [0.3, 0.4) is 0 Å². The Bertz CT molecular complexity index is 7130. The van der Waals surface area contributed by atoms with E-state index in [0.717, 1.165) is 173 Å². The number of hydrogen-bond acceptors (Lipinski definition) is 2. The van der Waals surface area contributed by atoms with E-state index in [-0.39, 0.29) is 6.71 Å². The van der Waals surface area contributed by atoms with Crippen LogP contribution in [0.2, 0.25) is 0 Å². The third-order valence-corrected chi connectivity index (χ3v) is 23.7. The van der Waals surface area contributed by atoms with Gasteiger partial charge >= 0.3 is 0 Å². The minimum absolute atomic E-state index is 0.342. The van der Waals surface area contributed by atoms with Crippen LogP contribution >= 0.6 is 0 Å². The number of nitrogens with zero attached hydrogens (tertiary/aromatic N) is 5. The Morgan fingerprint density at radius 1 is 0.209 bits per heavy atom. The lowest BCUT2D eigenvalue weighted by molar-refractivity contribution is 1.17. The van der Waals surface area contributed by atoms with Crippen molar-refractivity contribution in [2.45, 2.75) is 0 Å². The van der Waals surface area contributed by atoms with Crippen molar-refractivity contribution in [3.05, 3.63) is 436 Å². The maximum Gasteiger partial charge on any atom is 0.252 e. The highest BCUT2D eigenvalue weighted by Gasteiger charge is 2.46. The lowest BCUT2D eigenvalue weighted by Crippen LogP contribution is -2.61. The Kier molecular flexibility index (Phi) is 16.0. The molecule has 0 amide bonds. The van der Waals surface area contributed by atoms with E-state index in [1.165, 1.54) is 32.5 Å². The summed E-state index contributed by atoms with van der Waals surface area (Å²) in [7, 11) is 0. The fraction of sp³-hybridized carbons (Fsp3) is 0. The molecule has 22 rings (SSSR count). The minimum Gasteiger partial charge on any atom is -0.310 e. The zero-order chi connectivity index (χ0) is 76.0. The van der Waals surface area contributed by atoms with Gasteiger partial charge in [0.05, 0.1) is 40.0 Å². The highest BCUT2D eigenvalue weighted by Crippen LogP contribution is 2.56. The van der Waals surface area contributed by atoms with Crippen LogP contribution in [0.1, 0.15) is 0 Å². The molecule has 0 spiro atoms. The van der Waals surface area contributed by atoms with Crippen LogP contribution in [0, 0.1) is 6.57 Å². The van der Waals surface area contributed by atoms with Gasteiger partial charge in [-0.25, -0.2) is 4.85 Å². The van der Waals surface area contributed by atoms with E-state index in [1.807, 2.05) is 12.1 Å². The summed E-state index contributed by atoms with van der Waals surface area (Å²) < 4.78 is 4.97.